The topological polar surface area (TPSA) is 65.5 Å². The van der Waals surface area contributed by atoms with Crippen molar-refractivity contribution in [3.8, 4) is 0 Å². The molecule has 6 nitrogen and oxygen atoms in total. The Morgan fingerprint density at radius 2 is 2.03 bits per heavy atom. The van der Waals surface area contributed by atoms with E-state index in [2.05, 4.69) is 59.4 Å². The molecular weight excluding hydrogens is 420 g/mol. The van der Waals surface area contributed by atoms with Gasteiger partial charge in [-0.05, 0) is 55.7 Å². The molecule has 2 amide bonds. The van der Waals surface area contributed by atoms with Crippen molar-refractivity contribution in [2.45, 2.75) is 46.1 Å². The van der Waals surface area contributed by atoms with Crippen molar-refractivity contribution in [1.29, 1.82) is 0 Å². The van der Waals surface area contributed by atoms with E-state index in [-0.39, 0.29) is 11.8 Å². The number of nitrogens with one attached hydrogen (secondary N) is 1. The number of anilines is 2. The summed E-state index contributed by atoms with van der Waals surface area (Å²) in [6, 6.07) is 14.9. The average Bonchev–Trinajstić information content (AvgIpc) is 3.18. The number of rotatable bonds is 6. The minimum absolute atomic E-state index is 0.0356. The molecule has 0 aliphatic carbocycles. The van der Waals surface area contributed by atoms with E-state index in [1.807, 2.05) is 24.0 Å². The summed E-state index contributed by atoms with van der Waals surface area (Å²) >= 11 is 1.47. The van der Waals surface area contributed by atoms with Crippen molar-refractivity contribution in [3.63, 3.8) is 0 Å². The number of benzene rings is 2. The van der Waals surface area contributed by atoms with Crippen LogP contribution in [-0.2, 0) is 16.0 Å². The molecule has 168 valence electrons. The van der Waals surface area contributed by atoms with E-state index in [0.717, 1.165) is 35.4 Å². The fourth-order valence-corrected chi connectivity index (χ4v) is 5.12. The maximum Gasteiger partial charge on any atom is 0.225 e. The molecule has 1 fully saturated rings. The van der Waals surface area contributed by atoms with Crippen LogP contribution in [0.3, 0.4) is 0 Å². The largest absolute Gasteiger partial charge is 0.365 e. The van der Waals surface area contributed by atoms with E-state index < -0.39 is 0 Å². The van der Waals surface area contributed by atoms with Crippen LogP contribution in [0.5, 0.6) is 0 Å². The summed E-state index contributed by atoms with van der Waals surface area (Å²) in [7, 11) is 0. The van der Waals surface area contributed by atoms with Crippen LogP contribution in [0.1, 0.15) is 37.8 Å². The maximum atomic E-state index is 12.9. The van der Waals surface area contributed by atoms with Crippen molar-refractivity contribution in [2.24, 2.45) is 0 Å². The van der Waals surface area contributed by atoms with Crippen molar-refractivity contribution >= 4 is 44.2 Å². The molecule has 0 saturated carbocycles. The van der Waals surface area contributed by atoms with Gasteiger partial charge in [0.1, 0.15) is 0 Å². The highest BCUT2D eigenvalue weighted by molar-refractivity contribution is 7.22. The summed E-state index contributed by atoms with van der Waals surface area (Å²) in [5.74, 6) is 0.174. The summed E-state index contributed by atoms with van der Waals surface area (Å²) in [6.45, 7) is 8.48. The fraction of sp³-hybridized carbons (Fsp3) is 0.400. The van der Waals surface area contributed by atoms with E-state index in [1.54, 1.807) is 0 Å². The Kier molecular flexibility index (Phi) is 6.74. The lowest BCUT2D eigenvalue weighted by atomic mass is 10.1. The molecule has 0 spiro atoms. The number of aromatic nitrogens is 1. The third-order valence-corrected chi connectivity index (χ3v) is 6.89. The van der Waals surface area contributed by atoms with Gasteiger partial charge in [-0.25, -0.2) is 4.98 Å². The van der Waals surface area contributed by atoms with E-state index in [4.69, 9.17) is 0 Å². The van der Waals surface area contributed by atoms with Crippen molar-refractivity contribution in [3.05, 3.63) is 53.6 Å². The predicted molar refractivity (Wildman–Crippen MR) is 131 cm³/mol. The molecule has 32 heavy (non-hydrogen) atoms. The molecule has 2 heterocycles. The molecule has 1 saturated heterocycles. The molecule has 0 bridgehead atoms. The van der Waals surface area contributed by atoms with Gasteiger partial charge < -0.3 is 15.1 Å². The summed E-state index contributed by atoms with van der Waals surface area (Å²) in [6.07, 6.45) is 1.64. The number of amides is 2. The van der Waals surface area contributed by atoms with E-state index in [0.29, 0.717) is 30.4 Å². The Morgan fingerprint density at radius 1 is 1.19 bits per heavy atom. The third-order valence-electron chi connectivity index (χ3n) is 5.96. The normalized spacial score (nSPS) is 16.4. The van der Waals surface area contributed by atoms with E-state index in [9.17, 15) is 9.59 Å². The Balaban J connectivity index is 1.33. The molecule has 1 aliphatic heterocycles. The molecule has 7 heteroatoms. The van der Waals surface area contributed by atoms with Crippen LogP contribution in [0.4, 0.5) is 10.8 Å². The van der Waals surface area contributed by atoms with E-state index >= 15 is 0 Å². The zero-order valence-electron chi connectivity index (χ0n) is 18.9. The molecule has 1 aliphatic rings. The van der Waals surface area contributed by atoms with Crippen LogP contribution < -0.4 is 10.2 Å². The number of carbonyl (C=O) groups excluding carboxylic acids is 2. The van der Waals surface area contributed by atoms with Crippen molar-refractivity contribution in [2.75, 3.05) is 29.9 Å². The quantitative estimate of drug-likeness (QED) is 0.595. The van der Waals surface area contributed by atoms with Gasteiger partial charge in [0.05, 0.1) is 10.2 Å². The summed E-state index contributed by atoms with van der Waals surface area (Å²) in [5.41, 5.74) is 4.48. The maximum absolute atomic E-state index is 12.9. The monoisotopic (exact) mass is 450 g/mol. The molecule has 3 aromatic rings. The van der Waals surface area contributed by atoms with Crippen molar-refractivity contribution in [1.82, 2.24) is 9.88 Å². The predicted octanol–water partition coefficient (Wildman–Crippen LogP) is 4.62. The number of fused-ring (bicyclic) bond motifs is 1. The van der Waals surface area contributed by atoms with Gasteiger partial charge in [-0.15, -0.1) is 0 Å². The first-order valence-electron chi connectivity index (χ1n) is 11.2. The number of aryl methyl sites for hydroxylation is 2. The van der Waals surface area contributed by atoms with Gasteiger partial charge in [0.15, 0.2) is 5.13 Å². The molecule has 1 atom stereocenters. The van der Waals surface area contributed by atoms with Crippen LogP contribution in [0.25, 0.3) is 10.2 Å². The SMILES string of the molecule is CCC(=O)Nc1nc2ccc(CCC(=O)N3CCN(c4cccc(C)c4)C(C)C3)cc2s1. The smallest absolute Gasteiger partial charge is 0.225 e. The van der Waals surface area contributed by atoms with Gasteiger partial charge in [0.25, 0.3) is 0 Å². The van der Waals surface area contributed by atoms with Gasteiger partial charge in [-0.1, -0.05) is 36.5 Å². The zero-order valence-corrected chi connectivity index (χ0v) is 19.7. The lowest BCUT2D eigenvalue weighted by molar-refractivity contribution is -0.131. The van der Waals surface area contributed by atoms with Crippen molar-refractivity contribution < 1.29 is 9.59 Å². The van der Waals surface area contributed by atoms with Crippen LogP contribution in [-0.4, -0.2) is 47.4 Å². The highest BCUT2D eigenvalue weighted by Crippen LogP contribution is 2.27. The molecule has 4 rings (SSSR count). The lowest BCUT2D eigenvalue weighted by Gasteiger charge is -2.41. The van der Waals surface area contributed by atoms with Crippen LogP contribution in [0.2, 0.25) is 0 Å². The summed E-state index contributed by atoms with van der Waals surface area (Å²) < 4.78 is 1.03. The molecule has 0 radical (unpaired) electrons. The highest BCUT2D eigenvalue weighted by Gasteiger charge is 2.26. The second-order valence-corrected chi connectivity index (χ2v) is 9.47. The van der Waals surface area contributed by atoms with Gasteiger partial charge in [-0.2, -0.15) is 0 Å². The lowest BCUT2D eigenvalue weighted by Crippen LogP contribution is -2.53. The molecule has 1 unspecified atom stereocenters. The van der Waals surface area contributed by atoms with Crippen LogP contribution in [0, 0.1) is 6.92 Å². The molecule has 1 aromatic heterocycles. The minimum Gasteiger partial charge on any atom is -0.365 e. The zero-order chi connectivity index (χ0) is 22.7. The summed E-state index contributed by atoms with van der Waals surface area (Å²) in [5, 5.41) is 3.45. The van der Waals surface area contributed by atoms with Crippen LogP contribution in [0.15, 0.2) is 42.5 Å². The highest BCUT2D eigenvalue weighted by atomic mass is 32.1. The standard InChI is InChI=1S/C25H30N4O2S/c1-4-23(30)27-25-26-21-10-8-19(15-22(21)32-25)9-11-24(31)28-12-13-29(18(3)16-28)20-7-5-6-17(2)14-20/h5-8,10,14-15,18H,4,9,11-13,16H2,1-3H3,(H,26,27,30). The molecular formula is C25H30N4O2S. The fourth-order valence-electron chi connectivity index (χ4n) is 4.17. The number of carbonyl (C=O) groups is 2. The first kappa shape index (κ1) is 22.3. The van der Waals surface area contributed by atoms with Gasteiger partial charge in [0.2, 0.25) is 11.8 Å². The van der Waals surface area contributed by atoms with Gasteiger partial charge in [-0.3, -0.25) is 9.59 Å². The minimum atomic E-state index is -0.0356. The number of piperazine rings is 1. The number of hydrogen-bond acceptors (Lipinski definition) is 5. The first-order valence-corrected chi connectivity index (χ1v) is 12.0. The number of thiazole rings is 1. The third kappa shape index (κ3) is 5.10. The Hall–Kier alpha value is -2.93. The Morgan fingerprint density at radius 3 is 2.78 bits per heavy atom. The average molecular weight is 451 g/mol. The second-order valence-electron chi connectivity index (χ2n) is 8.44. The summed E-state index contributed by atoms with van der Waals surface area (Å²) in [4.78, 5) is 33.3. The van der Waals surface area contributed by atoms with Gasteiger partial charge >= 0.3 is 0 Å². The molecule has 2 aromatic carbocycles. The first-order chi connectivity index (χ1) is 15.4. The number of hydrogen-bond donors (Lipinski definition) is 1. The Labute approximate surface area is 193 Å². The van der Waals surface area contributed by atoms with E-state index in [1.165, 1.54) is 22.6 Å². The number of nitrogens with zero attached hydrogens (tertiary/aromatic N) is 3. The van der Waals surface area contributed by atoms with Gasteiger partial charge in [0, 0.05) is 44.2 Å². The second kappa shape index (κ2) is 9.69. The van der Waals surface area contributed by atoms with Crippen LogP contribution >= 0.6 is 11.3 Å². The Bertz CT molecular complexity index is 1130. The molecule has 1 N–H and O–H groups in total.